The molecule has 2 aromatic carbocycles. The van der Waals surface area contributed by atoms with Crippen LogP contribution in [0.2, 0.25) is 0 Å². The number of hydrogen-bond acceptors (Lipinski definition) is 14. The fourth-order valence-electron chi connectivity index (χ4n) is 6.57. The molecule has 14 nitrogen and oxygen atoms in total. The molecule has 0 spiro atoms. The van der Waals surface area contributed by atoms with E-state index >= 15 is 0 Å². The largest absolute Gasteiger partial charge is 0.496 e. The summed E-state index contributed by atoms with van der Waals surface area (Å²) in [6, 6.07) is 12.0. The molecule has 4 aromatic rings. The predicted octanol–water partition coefficient (Wildman–Crippen LogP) is 4.50. The highest BCUT2D eigenvalue weighted by molar-refractivity contribution is 5.85. The molecule has 0 bridgehead atoms. The summed E-state index contributed by atoms with van der Waals surface area (Å²) in [4.78, 5) is 23.2. The van der Waals surface area contributed by atoms with Gasteiger partial charge in [-0.1, -0.05) is 0 Å². The van der Waals surface area contributed by atoms with Crippen molar-refractivity contribution in [1.29, 1.82) is 0 Å². The smallest absolute Gasteiger partial charge is 0.229 e. The number of rotatable bonds is 19. The summed E-state index contributed by atoms with van der Waals surface area (Å²) in [5.74, 6) is 3.95. The Morgan fingerprint density at radius 2 is 1.08 bits per heavy atom. The Labute approximate surface area is 301 Å². The van der Waals surface area contributed by atoms with Crippen molar-refractivity contribution in [2.24, 2.45) is 0 Å². The van der Waals surface area contributed by atoms with E-state index in [4.69, 9.17) is 9.47 Å². The van der Waals surface area contributed by atoms with Gasteiger partial charge in [0, 0.05) is 99.4 Å². The first-order valence-electron chi connectivity index (χ1n) is 17.9. The minimum absolute atomic E-state index is 0.487. The van der Waals surface area contributed by atoms with Gasteiger partial charge in [-0.3, -0.25) is 0 Å². The molecule has 6 N–H and O–H groups in total. The van der Waals surface area contributed by atoms with E-state index in [0.29, 0.717) is 25.0 Å². The van der Waals surface area contributed by atoms with Crippen LogP contribution in [-0.4, -0.2) is 110 Å². The third-order valence-electron chi connectivity index (χ3n) is 9.35. The second-order valence-corrected chi connectivity index (χ2v) is 12.8. The van der Waals surface area contributed by atoms with Crippen molar-refractivity contribution >= 4 is 34.9 Å². The Hall–Kier alpha value is -4.76. The molecule has 0 aliphatic carbocycles. The highest BCUT2D eigenvalue weighted by Gasteiger charge is 2.22. The van der Waals surface area contributed by atoms with Gasteiger partial charge in [-0.15, -0.1) is 0 Å². The molecule has 14 heteroatoms. The molecule has 6 rings (SSSR count). The maximum absolute atomic E-state index is 6.23. The number of nitrogens with zero attached hydrogens (tertiary/aromatic N) is 6. The lowest BCUT2D eigenvalue weighted by molar-refractivity contribution is 0.182. The van der Waals surface area contributed by atoms with Crippen molar-refractivity contribution in [3.8, 4) is 22.6 Å². The van der Waals surface area contributed by atoms with Crippen LogP contribution in [0.1, 0.15) is 30.4 Å². The Morgan fingerprint density at radius 3 is 1.47 bits per heavy atom. The van der Waals surface area contributed by atoms with E-state index in [-0.39, 0.29) is 0 Å². The topological polar surface area (TPSA) is 149 Å². The highest BCUT2D eigenvalue weighted by Crippen LogP contribution is 2.44. The molecule has 4 heterocycles. The van der Waals surface area contributed by atoms with Gasteiger partial charge in [-0.2, -0.15) is 9.97 Å². The number of anilines is 6. The summed E-state index contributed by atoms with van der Waals surface area (Å²) >= 11 is 0. The molecule has 272 valence electrons. The van der Waals surface area contributed by atoms with Gasteiger partial charge in [0.15, 0.2) is 0 Å². The second kappa shape index (κ2) is 17.9. The number of hydrogen-bond donors (Lipinski definition) is 6. The summed E-state index contributed by atoms with van der Waals surface area (Å²) in [5.41, 5.74) is 5.40. The van der Waals surface area contributed by atoms with Crippen molar-refractivity contribution < 1.29 is 9.47 Å². The SMILES string of the molecule is CNc1ccnc(Nc2cc(CNCCN3CCCC3)c(OC)c(-c3cc(Nc4nccc(NC)n4)cc(CNCCN4CCC4)c3OC)c2)n1. The molecular weight excluding hydrogens is 644 g/mol. The number of nitrogens with one attached hydrogen (secondary N) is 6. The lowest BCUT2D eigenvalue weighted by Crippen LogP contribution is -2.41. The van der Waals surface area contributed by atoms with Crippen molar-refractivity contribution in [2.75, 3.05) is 102 Å². The zero-order chi connectivity index (χ0) is 35.4. The average molecular weight is 697 g/mol. The number of aromatic nitrogens is 4. The molecule has 2 aliphatic rings. The fourth-order valence-corrected chi connectivity index (χ4v) is 6.57. The van der Waals surface area contributed by atoms with E-state index in [1.165, 1.54) is 45.4 Å². The lowest BCUT2D eigenvalue weighted by atomic mass is 9.96. The normalized spacial score (nSPS) is 14.6. The van der Waals surface area contributed by atoms with Crippen LogP contribution in [0.3, 0.4) is 0 Å². The standard InChI is InChI=1S/C37H52N12O2/c1-38-32-8-10-42-36(46-32)44-28-20-26(24-40-12-18-48-14-5-6-15-48)34(50-3)30(22-28)31-23-29(45-37-43-11-9-33(39-2)47-37)21-27(35(31)51-4)25-41-13-19-49-16-7-17-49/h8-11,20-23,40-41H,5-7,12-19,24-25H2,1-4H3,(H2,38,42,44,46)(H2,39,43,45,47). The first-order chi connectivity index (χ1) is 25.1. The maximum Gasteiger partial charge on any atom is 0.229 e. The van der Waals surface area contributed by atoms with Crippen LogP contribution in [0.15, 0.2) is 48.8 Å². The molecule has 0 saturated carbocycles. The van der Waals surface area contributed by atoms with Crippen molar-refractivity contribution in [3.63, 3.8) is 0 Å². The van der Waals surface area contributed by atoms with Gasteiger partial charge in [0.05, 0.1) is 14.2 Å². The van der Waals surface area contributed by atoms with Gasteiger partial charge in [0.2, 0.25) is 11.9 Å². The van der Waals surface area contributed by atoms with Crippen LogP contribution in [0.4, 0.5) is 34.9 Å². The molecule has 2 saturated heterocycles. The van der Waals surface area contributed by atoms with Crippen LogP contribution in [-0.2, 0) is 13.1 Å². The molecule has 0 amide bonds. The van der Waals surface area contributed by atoms with Gasteiger partial charge in [-0.05, 0) is 81.8 Å². The van der Waals surface area contributed by atoms with E-state index in [2.05, 4.69) is 85.9 Å². The van der Waals surface area contributed by atoms with Crippen LogP contribution in [0, 0.1) is 0 Å². The molecule has 0 unspecified atom stereocenters. The van der Waals surface area contributed by atoms with Crippen molar-refractivity contribution in [3.05, 3.63) is 59.9 Å². The van der Waals surface area contributed by atoms with E-state index in [1.807, 2.05) is 26.2 Å². The predicted molar refractivity (Wildman–Crippen MR) is 205 cm³/mol. The summed E-state index contributed by atoms with van der Waals surface area (Å²) in [6.07, 6.45) is 7.30. The molecule has 2 fully saturated rings. The van der Waals surface area contributed by atoms with Gasteiger partial charge >= 0.3 is 0 Å². The second-order valence-electron chi connectivity index (χ2n) is 12.8. The Morgan fingerprint density at radius 1 is 0.627 bits per heavy atom. The average Bonchev–Trinajstić information content (AvgIpc) is 3.66. The zero-order valence-electron chi connectivity index (χ0n) is 30.3. The third kappa shape index (κ3) is 9.52. The molecular formula is C37H52N12O2. The molecule has 51 heavy (non-hydrogen) atoms. The summed E-state index contributed by atoms with van der Waals surface area (Å²) in [5, 5.41) is 20.4. The quantitative estimate of drug-likeness (QED) is 0.0764. The van der Waals surface area contributed by atoms with Crippen LogP contribution < -0.4 is 41.4 Å². The molecule has 2 aromatic heterocycles. The molecule has 2 aliphatic heterocycles. The summed E-state index contributed by atoms with van der Waals surface area (Å²) in [6.45, 7) is 9.72. The van der Waals surface area contributed by atoms with Gasteiger partial charge in [0.1, 0.15) is 23.1 Å². The van der Waals surface area contributed by atoms with Gasteiger partial charge in [-0.25, -0.2) is 9.97 Å². The summed E-state index contributed by atoms with van der Waals surface area (Å²) in [7, 11) is 7.13. The Balaban J connectivity index is 1.39. The maximum atomic E-state index is 6.23. The van der Waals surface area contributed by atoms with Crippen molar-refractivity contribution in [1.82, 2.24) is 40.4 Å². The minimum Gasteiger partial charge on any atom is -0.496 e. The first kappa shape index (κ1) is 36.0. The molecule has 0 radical (unpaired) electrons. The number of benzene rings is 2. The van der Waals surface area contributed by atoms with E-state index < -0.39 is 0 Å². The number of methoxy groups -OCH3 is 2. The fraction of sp³-hybridized carbons (Fsp3) is 0.459. The monoisotopic (exact) mass is 696 g/mol. The third-order valence-corrected chi connectivity index (χ3v) is 9.35. The van der Waals surface area contributed by atoms with Crippen LogP contribution in [0.5, 0.6) is 11.5 Å². The van der Waals surface area contributed by atoms with E-state index in [9.17, 15) is 0 Å². The zero-order valence-corrected chi connectivity index (χ0v) is 30.3. The first-order valence-corrected chi connectivity index (χ1v) is 17.9. The highest BCUT2D eigenvalue weighted by atomic mass is 16.5. The minimum atomic E-state index is 0.487. The van der Waals surface area contributed by atoms with Crippen LogP contribution in [0.25, 0.3) is 11.1 Å². The Kier molecular flexibility index (Phi) is 12.7. The van der Waals surface area contributed by atoms with Crippen LogP contribution >= 0.6 is 0 Å². The van der Waals surface area contributed by atoms with E-state index in [0.717, 1.165) is 82.9 Å². The van der Waals surface area contributed by atoms with E-state index in [1.54, 1.807) is 26.6 Å². The lowest BCUT2D eigenvalue weighted by Gasteiger charge is -2.30. The number of ether oxygens (including phenoxy) is 2. The Bertz CT molecular complexity index is 1730. The number of likely N-dealkylation sites (tertiary alicyclic amines) is 2. The summed E-state index contributed by atoms with van der Waals surface area (Å²) < 4.78 is 12.4. The van der Waals surface area contributed by atoms with Gasteiger partial charge < -0.3 is 51.2 Å². The van der Waals surface area contributed by atoms with Gasteiger partial charge in [0.25, 0.3) is 0 Å². The molecule has 0 atom stereocenters. The van der Waals surface area contributed by atoms with Crippen molar-refractivity contribution in [2.45, 2.75) is 32.4 Å².